The molecule has 0 radical (unpaired) electrons. The van der Waals surface area contributed by atoms with E-state index >= 15 is 0 Å². The summed E-state index contributed by atoms with van der Waals surface area (Å²) in [5.74, 6) is 0.298. The van der Waals surface area contributed by atoms with Crippen LogP contribution < -0.4 is 0 Å². The molecule has 21 heavy (non-hydrogen) atoms. The van der Waals surface area contributed by atoms with Gasteiger partial charge in [-0.25, -0.2) is 0 Å². The zero-order valence-electron chi connectivity index (χ0n) is 11.8. The van der Waals surface area contributed by atoms with Gasteiger partial charge in [0.05, 0.1) is 6.54 Å². The van der Waals surface area contributed by atoms with Crippen LogP contribution in [-0.4, -0.2) is 32.2 Å². The molecule has 0 amide bonds. The molecule has 1 aromatic carbocycles. The van der Waals surface area contributed by atoms with E-state index in [1.807, 2.05) is 36.1 Å². The first-order valence-electron chi connectivity index (χ1n) is 7.02. The van der Waals surface area contributed by atoms with Gasteiger partial charge in [0.15, 0.2) is 5.82 Å². The Kier molecular flexibility index (Phi) is 3.70. The summed E-state index contributed by atoms with van der Waals surface area (Å²) in [7, 11) is 0. The maximum atomic E-state index is 11.5. The van der Waals surface area contributed by atoms with Crippen molar-refractivity contribution in [1.29, 1.82) is 0 Å². The van der Waals surface area contributed by atoms with Crippen molar-refractivity contribution in [2.24, 2.45) is 0 Å². The van der Waals surface area contributed by atoms with E-state index in [0.29, 0.717) is 37.6 Å². The van der Waals surface area contributed by atoms with Crippen LogP contribution in [0.4, 0.5) is 0 Å². The first-order valence-corrected chi connectivity index (χ1v) is 7.02. The molecule has 0 aliphatic carbocycles. The van der Waals surface area contributed by atoms with Gasteiger partial charge in [0.2, 0.25) is 5.89 Å². The molecule has 3 rings (SSSR count). The highest BCUT2D eigenvalue weighted by molar-refractivity contribution is 5.74. The molecular formula is C15H17N3O3. The maximum Gasteiger partial charge on any atom is 0.321 e. The van der Waals surface area contributed by atoms with Crippen molar-refractivity contribution in [2.75, 3.05) is 0 Å². The van der Waals surface area contributed by atoms with Gasteiger partial charge in [0.1, 0.15) is 6.04 Å². The minimum atomic E-state index is -0.820. The quantitative estimate of drug-likeness (QED) is 0.921. The molecule has 0 saturated carbocycles. The van der Waals surface area contributed by atoms with Gasteiger partial charge in [0, 0.05) is 13.0 Å². The van der Waals surface area contributed by atoms with Gasteiger partial charge in [-0.05, 0) is 17.5 Å². The Balaban J connectivity index is 1.83. The average Bonchev–Trinajstić information content (AvgIpc) is 2.94. The number of carboxylic acid groups (broad SMARTS) is 1. The van der Waals surface area contributed by atoms with Gasteiger partial charge in [0.25, 0.3) is 0 Å². The number of aryl methyl sites for hydroxylation is 1. The number of hydrogen-bond donors (Lipinski definition) is 1. The number of aliphatic carboxylic acids is 1. The monoisotopic (exact) mass is 287 g/mol. The smallest absolute Gasteiger partial charge is 0.321 e. The second-order valence-electron chi connectivity index (χ2n) is 5.19. The highest BCUT2D eigenvalue weighted by Gasteiger charge is 2.32. The third-order valence-corrected chi connectivity index (χ3v) is 3.80. The molecule has 1 aliphatic heterocycles. The first-order chi connectivity index (χ1) is 10.2. The van der Waals surface area contributed by atoms with Crippen LogP contribution in [0.15, 0.2) is 28.8 Å². The summed E-state index contributed by atoms with van der Waals surface area (Å²) in [6.07, 6.45) is 1.20. The molecule has 2 aromatic rings. The van der Waals surface area contributed by atoms with E-state index in [2.05, 4.69) is 10.1 Å². The molecule has 0 saturated heterocycles. The molecule has 1 atom stereocenters. The van der Waals surface area contributed by atoms with E-state index in [0.717, 1.165) is 11.1 Å². The van der Waals surface area contributed by atoms with E-state index in [4.69, 9.17) is 4.52 Å². The number of nitrogens with zero attached hydrogens (tertiary/aromatic N) is 3. The van der Waals surface area contributed by atoms with Gasteiger partial charge < -0.3 is 9.63 Å². The Morgan fingerprint density at radius 1 is 1.43 bits per heavy atom. The van der Waals surface area contributed by atoms with Gasteiger partial charge in [-0.1, -0.05) is 36.3 Å². The standard InChI is InChI=1S/C15H17N3O3/c1-2-13-16-14(21-17-13)9-18-8-11-6-4-3-5-10(11)7-12(18)15(19)20/h3-6,12H,2,7-9H2,1H3,(H,19,20)/t12-/m0/s1. The van der Waals surface area contributed by atoms with Crippen molar-refractivity contribution in [3.63, 3.8) is 0 Å². The molecule has 0 spiro atoms. The van der Waals surface area contributed by atoms with E-state index < -0.39 is 12.0 Å². The normalized spacial score (nSPS) is 18.4. The third kappa shape index (κ3) is 2.80. The van der Waals surface area contributed by atoms with Crippen molar-refractivity contribution in [3.05, 3.63) is 47.1 Å². The van der Waals surface area contributed by atoms with Crippen LogP contribution in [-0.2, 0) is 30.7 Å². The Morgan fingerprint density at radius 3 is 2.86 bits per heavy atom. The van der Waals surface area contributed by atoms with Crippen molar-refractivity contribution >= 4 is 5.97 Å². The van der Waals surface area contributed by atoms with Crippen LogP contribution in [0.25, 0.3) is 0 Å². The van der Waals surface area contributed by atoms with Crippen LogP contribution in [0.2, 0.25) is 0 Å². The van der Waals surface area contributed by atoms with Crippen molar-refractivity contribution in [2.45, 2.75) is 38.9 Å². The number of hydrogen-bond acceptors (Lipinski definition) is 5. The number of carboxylic acids is 1. The van der Waals surface area contributed by atoms with Gasteiger partial charge in [-0.3, -0.25) is 9.69 Å². The van der Waals surface area contributed by atoms with Gasteiger partial charge in [-0.2, -0.15) is 4.98 Å². The summed E-state index contributed by atoms with van der Waals surface area (Å²) in [4.78, 5) is 17.7. The summed E-state index contributed by atoms with van der Waals surface area (Å²) in [6.45, 7) is 2.89. The molecule has 6 nitrogen and oxygen atoms in total. The highest BCUT2D eigenvalue weighted by Crippen LogP contribution is 2.24. The van der Waals surface area contributed by atoms with E-state index in [1.165, 1.54) is 0 Å². The second kappa shape index (κ2) is 5.65. The highest BCUT2D eigenvalue weighted by atomic mass is 16.5. The van der Waals surface area contributed by atoms with Crippen molar-refractivity contribution in [1.82, 2.24) is 15.0 Å². The first kappa shape index (κ1) is 13.8. The summed E-state index contributed by atoms with van der Waals surface area (Å²) in [5.41, 5.74) is 2.26. The number of fused-ring (bicyclic) bond motifs is 1. The Hall–Kier alpha value is -2.21. The fourth-order valence-electron chi connectivity index (χ4n) is 2.66. The van der Waals surface area contributed by atoms with Crippen LogP contribution in [0, 0.1) is 0 Å². The van der Waals surface area contributed by atoms with Crippen LogP contribution >= 0.6 is 0 Å². The zero-order chi connectivity index (χ0) is 14.8. The lowest BCUT2D eigenvalue weighted by Crippen LogP contribution is -2.45. The maximum absolute atomic E-state index is 11.5. The number of rotatable bonds is 4. The van der Waals surface area contributed by atoms with Crippen LogP contribution in [0.5, 0.6) is 0 Å². The largest absolute Gasteiger partial charge is 0.480 e. The van der Waals surface area contributed by atoms with E-state index in [-0.39, 0.29) is 0 Å². The Morgan fingerprint density at radius 2 is 2.19 bits per heavy atom. The molecular weight excluding hydrogens is 270 g/mol. The molecule has 1 aromatic heterocycles. The lowest BCUT2D eigenvalue weighted by molar-refractivity contribution is -0.144. The summed E-state index contributed by atoms with van der Waals surface area (Å²) < 4.78 is 5.18. The van der Waals surface area contributed by atoms with Crippen LogP contribution in [0.1, 0.15) is 29.8 Å². The lowest BCUT2D eigenvalue weighted by atomic mass is 9.94. The molecule has 110 valence electrons. The summed E-state index contributed by atoms with van der Waals surface area (Å²) in [6, 6.07) is 7.38. The minimum Gasteiger partial charge on any atom is -0.480 e. The molecule has 0 unspecified atom stereocenters. The Labute approximate surface area is 122 Å². The van der Waals surface area contributed by atoms with Crippen molar-refractivity contribution in [3.8, 4) is 0 Å². The summed E-state index contributed by atoms with van der Waals surface area (Å²) in [5, 5.41) is 13.3. The van der Waals surface area contributed by atoms with Crippen molar-refractivity contribution < 1.29 is 14.4 Å². The number of benzene rings is 1. The third-order valence-electron chi connectivity index (χ3n) is 3.80. The Bertz CT molecular complexity index is 653. The molecule has 6 heteroatoms. The minimum absolute atomic E-state index is 0.359. The van der Waals surface area contributed by atoms with Gasteiger partial charge >= 0.3 is 5.97 Å². The van der Waals surface area contributed by atoms with Gasteiger partial charge in [-0.15, -0.1) is 0 Å². The SMILES string of the molecule is CCc1noc(CN2Cc3ccccc3C[C@H]2C(=O)O)n1. The molecule has 2 heterocycles. The molecule has 1 aliphatic rings. The van der Waals surface area contributed by atoms with Crippen LogP contribution in [0.3, 0.4) is 0 Å². The van der Waals surface area contributed by atoms with E-state index in [9.17, 15) is 9.90 Å². The van der Waals surface area contributed by atoms with E-state index in [1.54, 1.807) is 0 Å². The topological polar surface area (TPSA) is 79.5 Å². The molecule has 0 fully saturated rings. The molecule has 1 N–H and O–H groups in total. The number of carbonyl (C=O) groups is 1. The zero-order valence-corrected chi connectivity index (χ0v) is 11.8. The molecule has 0 bridgehead atoms. The predicted molar refractivity (Wildman–Crippen MR) is 74.5 cm³/mol. The number of aromatic nitrogens is 2. The fraction of sp³-hybridized carbons (Fsp3) is 0.400. The second-order valence-corrected chi connectivity index (χ2v) is 5.19. The summed E-state index contributed by atoms with van der Waals surface area (Å²) >= 11 is 0. The average molecular weight is 287 g/mol. The predicted octanol–water partition coefficient (Wildman–Crippen LogP) is 1.64. The lowest BCUT2D eigenvalue weighted by Gasteiger charge is -2.33. The fourth-order valence-corrected chi connectivity index (χ4v) is 2.66.